The van der Waals surface area contributed by atoms with Crippen LogP contribution in [-0.4, -0.2) is 187 Å². The zero-order valence-electron chi connectivity index (χ0n) is 40.3. The average Bonchev–Trinajstić information content (AvgIpc) is 3.34. The number of fused-ring (bicyclic) bond motifs is 1. The van der Waals surface area contributed by atoms with Gasteiger partial charge in [0.25, 0.3) is 11.5 Å². The Bertz CT molecular complexity index is 2640. The Hall–Kier alpha value is -7.72. The monoisotopic (exact) mass is 1040 g/mol. The van der Waals surface area contributed by atoms with Gasteiger partial charge in [0, 0.05) is 102 Å². The van der Waals surface area contributed by atoms with Crippen LogP contribution < -0.4 is 47.9 Å². The van der Waals surface area contributed by atoms with Gasteiger partial charge in [-0.2, -0.15) is 4.98 Å². The van der Waals surface area contributed by atoms with Crippen LogP contribution in [0.15, 0.2) is 59.5 Å². The molecule has 1 aliphatic heterocycles. The number of anilines is 3. The first-order valence-corrected chi connectivity index (χ1v) is 24.0. The van der Waals surface area contributed by atoms with Crippen molar-refractivity contribution in [2.45, 2.75) is 57.2 Å². The SMILES string of the molecule is Nc1nc2ncc(CNc3ccc(C(=O)N[C@@H](CCC(=O)NCCCC(=S)Nc4ccc(CCC(C(=O)O)N5CCN(CC(=O)[O-])CCN(CC(=O)[O-])CCN(CC(=O)[O-])CC5)cc4)C(=O)O)cc3)nc2c(=O)[nH]1. The lowest BCUT2D eigenvalue weighted by Gasteiger charge is -2.36. The average molecular weight is 1050 g/mol. The molecule has 2 amide bonds. The predicted octanol–water partition coefficient (Wildman–Crippen LogP) is -3.94. The minimum absolute atomic E-state index is 0.0290. The molecule has 5 rings (SSSR count). The number of benzene rings is 2. The molecule has 4 aromatic rings. The van der Waals surface area contributed by atoms with E-state index in [-0.39, 0.29) is 107 Å². The molecule has 398 valence electrons. The first-order chi connectivity index (χ1) is 35.3. The molecular weight excluding hydrogens is 987 g/mol. The second-order valence-corrected chi connectivity index (χ2v) is 17.9. The van der Waals surface area contributed by atoms with Crippen molar-refractivity contribution in [3.05, 3.63) is 81.9 Å². The molecule has 2 aromatic carbocycles. The number of H-pyrrole nitrogens is 1. The number of rotatable bonds is 25. The molecule has 0 aliphatic carbocycles. The number of hydrogen-bond acceptors (Lipinski definition) is 21. The maximum Gasteiger partial charge on any atom is 0.326 e. The van der Waals surface area contributed by atoms with Crippen molar-refractivity contribution in [1.29, 1.82) is 0 Å². The first-order valence-electron chi connectivity index (χ1n) is 23.6. The molecule has 26 nitrogen and oxygen atoms in total. The van der Waals surface area contributed by atoms with Crippen LogP contribution in [0.3, 0.4) is 0 Å². The second kappa shape index (κ2) is 28.5. The summed E-state index contributed by atoms with van der Waals surface area (Å²) in [5.41, 5.74) is 7.87. The highest BCUT2D eigenvalue weighted by Gasteiger charge is 2.28. The third-order valence-corrected chi connectivity index (χ3v) is 12.2. The van der Waals surface area contributed by atoms with Crippen LogP contribution >= 0.6 is 12.2 Å². The quantitative estimate of drug-likeness (QED) is 0.0232. The van der Waals surface area contributed by atoms with E-state index in [1.165, 1.54) is 23.2 Å². The van der Waals surface area contributed by atoms with Crippen LogP contribution in [0.2, 0.25) is 0 Å². The molecule has 0 saturated carbocycles. The Morgan fingerprint density at radius 1 is 0.743 bits per heavy atom. The summed E-state index contributed by atoms with van der Waals surface area (Å²) in [5, 5.41) is 66.0. The van der Waals surface area contributed by atoms with Crippen molar-refractivity contribution in [2.24, 2.45) is 0 Å². The van der Waals surface area contributed by atoms with Crippen molar-refractivity contribution in [2.75, 3.05) is 94.9 Å². The van der Waals surface area contributed by atoms with Gasteiger partial charge in [-0.1, -0.05) is 24.4 Å². The summed E-state index contributed by atoms with van der Waals surface area (Å²) in [4.78, 5) is 118. The fourth-order valence-electron chi connectivity index (χ4n) is 7.96. The van der Waals surface area contributed by atoms with Gasteiger partial charge in [0.2, 0.25) is 11.9 Å². The standard InChI is InChI=1S/C47H61N13O13S/c48-47-55-42-41(44(69)56-47)53-33(25-51-42)24-50-31-10-6-30(7-11-31)43(68)54-34(45(70)71)12-14-36(61)49-15-1-2-37(74)52-32-8-3-29(4-9-32)5-13-35(46(72)73)60-22-20-58(27-39(64)65)18-16-57(26-38(62)63)17-19-59(21-23-60)28-40(66)67/h3-4,6-11,25,34-35,50H,1-2,5,12-24,26-28H2,(H,49,61)(H,52,74)(H,54,68)(H,62,63)(H,64,65)(H,66,67)(H,70,71)(H,72,73)(H3,48,51,55,56,69)/p-3/t34-,35?/m0/s1. The molecule has 2 aromatic heterocycles. The van der Waals surface area contributed by atoms with Gasteiger partial charge in [-0.25, -0.2) is 14.8 Å². The number of nitrogens with two attached hydrogens (primary N) is 1. The summed E-state index contributed by atoms with van der Waals surface area (Å²) in [6, 6.07) is 11.0. The predicted molar refractivity (Wildman–Crippen MR) is 265 cm³/mol. The van der Waals surface area contributed by atoms with E-state index in [4.69, 9.17) is 18.0 Å². The zero-order chi connectivity index (χ0) is 53.7. The summed E-state index contributed by atoms with van der Waals surface area (Å²) >= 11 is 5.50. The number of nitrogen functional groups attached to an aromatic ring is 1. The Morgan fingerprint density at radius 2 is 1.31 bits per heavy atom. The molecule has 1 unspecified atom stereocenters. The van der Waals surface area contributed by atoms with Crippen LogP contribution in [-0.2, 0) is 41.7 Å². The minimum Gasteiger partial charge on any atom is -0.549 e. The number of aliphatic carboxylic acids is 5. The number of aromatic amines is 1. The third-order valence-electron chi connectivity index (χ3n) is 11.9. The van der Waals surface area contributed by atoms with Gasteiger partial charge < -0.3 is 66.9 Å². The Kier molecular flexibility index (Phi) is 22.0. The van der Waals surface area contributed by atoms with Gasteiger partial charge in [-0.05, 0) is 74.1 Å². The van der Waals surface area contributed by atoms with Crippen molar-refractivity contribution in [3.8, 4) is 0 Å². The van der Waals surface area contributed by atoms with Crippen LogP contribution in [0.25, 0.3) is 11.2 Å². The minimum atomic E-state index is -1.35. The number of aryl methyl sites for hydroxylation is 1. The van der Waals surface area contributed by atoms with E-state index in [0.717, 1.165) is 5.56 Å². The van der Waals surface area contributed by atoms with Crippen molar-refractivity contribution >= 4 is 87.4 Å². The maximum atomic E-state index is 12.9. The van der Waals surface area contributed by atoms with E-state index in [1.807, 2.05) is 12.1 Å². The number of hydrogen-bond donors (Lipinski definition) is 8. The van der Waals surface area contributed by atoms with Crippen molar-refractivity contribution in [1.82, 2.24) is 50.2 Å². The lowest BCUT2D eigenvalue weighted by atomic mass is 10.0. The molecule has 2 atom stereocenters. The smallest absolute Gasteiger partial charge is 0.326 e. The topological polar surface area (TPSA) is 388 Å². The number of aromatic nitrogens is 4. The highest BCUT2D eigenvalue weighted by Crippen LogP contribution is 2.17. The van der Waals surface area contributed by atoms with E-state index in [0.29, 0.717) is 41.3 Å². The maximum absolute atomic E-state index is 12.9. The fourth-order valence-corrected chi connectivity index (χ4v) is 8.22. The lowest BCUT2D eigenvalue weighted by Crippen LogP contribution is -2.53. The first kappa shape index (κ1) is 57.2. The molecule has 74 heavy (non-hydrogen) atoms. The molecule has 27 heteroatoms. The number of thiocarbonyl (C=S) groups is 1. The molecule has 1 aliphatic rings. The van der Waals surface area contributed by atoms with Crippen LogP contribution in [0, 0.1) is 0 Å². The number of nitrogens with zero attached hydrogens (tertiary/aromatic N) is 7. The number of carbonyl (C=O) groups excluding carboxylic acids is 5. The van der Waals surface area contributed by atoms with Gasteiger partial charge in [-0.3, -0.25) is 43.8 Å². The third kappa shape index (κ3) is 19.4. The van der Waals surface area contributed by atoms with E-state index in [1.54, 1.807) is 39.0 Å². The molecule has 9 N–H and O–H groups in total. The molecule has 0 spiro atoms. The van der Waals surface area contributed by atoms with Gasteiger partial charge >= 0.3 is 11.9 Å². The van der Waals surface area contributed by atoms with E-state index < -0.39 is 78.9 Å². The Balaban J connectivity index is 1.03. The van der Waals surface area contributed by atoms with Gasteiger partial charge in [-0.15, -0.1) is 0 Å². The molecular formula is C47H58N13O13S-3. The van der Waals surface area contributed by atoms with Crippen molar-refractivity contribution < 1.29 is 59.1 Å². The van der Waals surface area contributed by atoms with Gasteiger partial charge in [0.1, 0.15) is 12.1 Å². The van der Waals surface area contributed by atoms with E-state index >= 15 is 0 Å². The van der Waals surface area contributed by atoms with E-state index in [2.05, 4.69) is 41.2 Å². The number of nitrogens with one attached hydrogen (secondary N) is 5. The van der Waals surface area contributed by atoms with Crippen molar-refractivity contribution in [3.63, 3.8) is 0 Å². The Labute approximate surface area is 429 Å². The van der Waals surface area contributed by atoms with Gasteiger partial charge in [0.15, 0.2) is 11.2 Å². The van der Waals surface area contributed by atoms with Gasteiger partial charge in [0.05, 0.1) is 41.3 Å². The zero-order valence-corrected chi connectivity index (χ0v) is 41.1. The molecule has 0 bridgehead atoms. The second-order valence-electron chi connectivity index (χ2n) is 17.4. The van der Waals surface area contributed by atoms with E-state index in [9.17, 15) is 63.9 Å². The summed E-state index contributed by atoms with van der Waals surface area (Å²) in [7, 11) is 0. The molecule has 1 fully saturated rings. The number of amides is 2. The number of carboxylic acids is 5. The summed E-state index contributed by atoms with van der Waals surface area (Å²) in [6.07, 6.45) is 2.49. The van der Waals surface area contributed by atoms with Crippen LogP contribution in [0.1, 0.15) is 53.7 Å². The van der Waals surface area contributed by atoms with Crippen LogP contribution in [0.5, 0.6) is 0 Å². The summed E-state index contributed by atoms with van der Waals surface area (Å²) < 4.78 is 0. The molecule has 0 radical (unpaired) electrons. The highest BCUT2D eigenvalue weighted by molar-refractivity contribution is 7.80. The number of carboxylic acid groups (broad SMARTS) is 5. The lowest BCUT2D eigenvalue weighted by molar-refractivity contribution is -0.308. The highest BCUT2D eigenvalue weighted by atomic mass is 32.1. The largest absolute Gasteiger partial charge is 0.549 e. The molecule has 1 saturated heterocycles. The summed E-state index contributed by atoms with van der Waals surface area (Å²) in [6.45, 7) is 0.0698. The Morgan fingerprint density at radius 3 is 1.86 bits per heavy atom. The fraction of sp³-hybridized carbons (Fsp3) is 0.447. The summed E-state index contributed by atoms with van der Waals surface area (Å²) in [5.74, 6) is -7.61. The number of carbonyl (C=O) groups is 7. The van der Waals surface area contributed by atoms with Crippen LogP contribution in [0.4, 0.5) is 17.3 Å². The normalized spacial score (nSPS) is 15.1. The molecule has 3 heterocycles.